The van der Waals surface area contributed by atoms with Crippen LogP contribution in [0.1, 0.15) is 25.5 Å². The predicted molar refractivity (Wildman–Crippen MR) is 63.8 cm³/mol. The minimum Gasteiger partial charge on any atom is -0.394 e. The summed E-state index contributed by atoms with van der Waals surface area (Å²) < 4.78 is 0. The lowest BCUT2D eigenvalue weighted by atomic mass is 10.1. The summed E-state index contributed by atoms with van der Waals surface area (Å²) in [5, 5.41) is 12.4. The summed E-state index contributed by atoms with van der Waals surface area (Å²) in [5.41, 5.74) is 1.76. The number of hydrogen-bond acceptors (Lipinski definition) is 3. The SMILES string of the molecule is CC(=O)C=C(C)N[C@@H](CO)c1ccccc1. The van der Waals surface area contributed by atoms with Crippen LogP contribution in [0.15, 0.2) is 42.1 Å². The van der Waals surface area contributed by atoms with Gasteiger partial charge in [-0.2, -0.15) is 0 Å². The fraction of sp³-hybridized carbons (Fsp3) is 0.308. The van der Waals surface area contributed by atoms with Gasteiger partial charge in [-0.1, -0.05) is 30.3 Å². The van der Waals surface area contributed by atoms with E-state index in [1.807, 2.05) is 37.3 Å². The van der Waals surface area contributed by atoms with Crippen LogP contribution in [0.3, 0.4) is 0 Å². The summed E-state index contributed by atoms with van der Waals surface area (Å²) in [6.45, 7) is 3.31. The number of allylic oxidation sites excluding steroid dienone is 2. The molecule has 0 bridgehead atoms. The highest BCUT2D eigenvalue weighted by molar-refractivity contribution is 5.87. The van der Waals surface area contributed by atoms with E-state index in [0.717, 1.165) is 11.3 Å². The molecule has 3 nitrogen and oxygen atoms in total. The molecule has 0 spiro atoms. The molecule has 2 N–H and O–H groups in total. The van der Waals surface area contributed by atoms with Crippen molar-refractivity contribution in [2.45, 2.75) is 19.9 Å². The second kappa shape index (κ2) is 6.08. The summed E-state index contributed by atoms with van der Waals surface area (Å²) in [7, 11) is 0. The molecule has 0 fully saturated rings. The van der Waals surface area contributed by atoms with Gasteiger partial charge in [-0.15, -0.1) is 0 Å². The van der Waals surface area contributed by atoms with Gasteiger partial charge in [0, 0.05) is 5.70 Å². The molecule has 16 heavy (non-hydrogen) atoms. The molecular formula is C13H17NO2. The van der Waals surface area contributed by atoms with Gasteiger partial charge in [0.25, 0.3) is 0 Å². The first-order chi connectivity index (χ1) is 7.63. The molecule has 1 rings (SSSR count). The van der Waals surface area contributed by atoms with Crippen molar-refractivity contribution in [3.63, 3.8) is 0 Å². The lowest BCUT2D eigenvalue weighted by Gasteiger charge is -2.18. The molecule has 0 radical (unpaired) electrons. The number of rotatable bonds is 5. The van der Waals surface area contributed by atoms with Crippen LogP contribution in [-0.2, 0) is 4.79 Å². The Hall–Kier alpha value is -1.61. The van der Waals surface area contributed by atoms with Crippen LogP contribution in [0.4, 0.5) is 0 Å². The lowest BCUT2D eigenvalue weighted by Crippen LogP contribution is -2.23. The summed E-state index contributed by atoms with van der Waals surface area (Å²) in [6, 6.07) is 9.48. The Morgan fingerprint density at radius 2 is 2.00 bits per heavy atom. The van der Waals surface area contributed by atoms with Crippen LogP contribution in [0.25, 0.3) is 0 Å². The first-order valence-corrected chi connectivity index (χ1v) is 5.24. The Morgan fingerprint density at radius 1 is 1.38 bits per heavy atom. The van der Waals surface area contributed by atoms with Gasteiger partial charge >= 0.3 is 0 Å². The van der Waals surface area contributed by atoms with E-state index in [-0.39, 0.29) is 18.4 Å². The van der Waals surface area contributed by atoms with Gasteiger partial charge in [-0.3, -0.25) is 4.79 Å². The molecule has 0 aliphatic carbocycles. The fourth-order valence-electron chi connectivity index (χ4n) is 1.54. The second-order valence-corrected chi connectivity index (χ2v) is 3.73. The van der Waals surface area contributed by atoms with Crippen molar-refractivity contribution in [2.75, 3.05) is 6.61 Å². The van der Waals surface area contributed by atoms with Crippen LogP contribution in [0, 0.1) is 0 Å². The summed E-state index contributed by atoms with van der Waals surface area (Å²) in [5.74, 6) is -0.00486. The number of nitrogens with one attached hydrogen (secondary N) is 1. The summed E-state index contributed by atoms with van der Waals surface area (Å²) in [4.78, 5) is 10.9. The van der Waals surface area contributed by atoms with E-state index in [0.29, 0.717) is 0 Å². The van der Waals surface area contributed by atoms with E-state index in [1.54, 1.807) is 0 Å². The molecule has 0 saturated carbocycles. The van der Waals surface area contributed by atoms with Crippen molar-refractivity contribution in [1.82, 2.24) is 5.32 Å². The van der Waals surface area contributed by atoms with Crippen molar-refractivity contribution in [2.24, 2.45) is 0 Å². The average molecular weight is 219 g/mol. The fourth-order valence-corrected chi connectivity index (χ4v) is 1.54. The Labute approximate surface area is 95.8 Å². The minimum absolute atomic E-state index is 0.00486. The molecule has 0 amide bonds. The van der Waals surface area contributed by atoms with Crippen molar-refractivity contribution in [3.8, 4) is 0 Å². The smallest absolute Gasteiger partial charge is 0.154 e. The molecule has 0 aliphatic rings. The maximum Gasteiger partial charge on any atom is 0.154 e. The van der Waals surface area contributed by atoms with Gasteiger partial charge in [0.2, 0.25) is 0 Å². The molecular weight excluding hydrogens is 202 g/mol. The van der Waals surface area contributed by atoms with Gasteiger partial charge in [-0.05, 0) is 25.5 Å². The zero-order chi connectivity index (χ0) is 12.0. The van der Waals surface area contributed by atoms with E-state index in [4.69, 9.17) is 0 Å². The van der Waals surface area contributed by atoms with Crippen LogP contribution in [0.5, 0.6) is 0 Å². The third-order valence-electron chi connectivity index (χ3n) is 2.21. The molecule has 86 valence electrons. The van der Waals surface area contributed by atoms with Gasteiger partial charge in [0.05, 0.1) is 12.6 Å². The van der Waals surface area contributed by atoms with E-state index in [2.05, 4.69) is 5.32 Å². The van der Waals surface area contributed by atoms with Crippen LogP contribution in [-0.4, -0.2) is 17.5 Å². The maximum atomic E-state index is 10.9. The number of carbonyl (C=O) groups is 1. The normalized spacial score (nSPS) is 13.3. The molecule has 1 atom stereocenters. The Balaban J connectivity index is 2.74. The molecule has 0 heterocycles. The van der Waals surface area contributed by atoms with Crippen LogP contribution in [0.2, 0.25) is 0 Å². The highest BCUT2D eigenvalue weighted by Crippen LogP contribution is 2.13. The highest BCUT2D eigenvalue weighted by Gasteiger charge is 2.08. The van der Waals surface area contributed by atoms with E-state index >= 15 is 0 Å². The second-order valence-electron chi connectivity index (χ2n) is 3.73. The van der Waals surface area contributed by atoms with Crippen LogP contribution < -0.4 is 5.32 Å². The third kappa shape index (κ3) is 3.87. The van der Waals surface area contributed by atoms with Crippen molar-refractivity contribution >= 4 is 5.78 Å². The monoisotopic (exact) mass is 219 g/mol. The maximum absolute atomic E-state index is 10.9. The van der Waals surface area contributed by atoms with Gasteiger partial charge in [-0.25, -0.2) is 0 Å². The van der Waals surface area contributed by atoms with Crippen LogP contribution >= 0.6 is 0 Å². The summed E-state index contributed by atoms with van der Waals surface area (Å²) >= 11 is 0. The molecule has 0 aromatic heterocycles. The number of aliphatic hydroxyl groups excluding tert-OH is 1. The Morgan fingerprint density at radius 3 is 2.50 bits per heavy atom. The average Bonchev–Trinajstić information content (AvgIpc) is 2.26. The first kappa shape index (κ1) is 12.5. The van der Waals surface area contributed by atoms with E-state index in [1.165, 1.54) is 13.0 Å². The first-order valence-electron chi connectivity index (χ1n) is 5.24. The number of aliphatic hydroxyl groups is 1. The van der Waals surface area contributed by atoms with Gasteiger partial charge in [0.15, 0.2) is 5.78 Å². The Kier molecular flexibility index (Phi) is 4.73. The molecule has 3 heteroatoms. The number of hydrogen-bond donors (Lipinski definition) is 2. The van der Waals surface area contributed by atoms with E-state index < -0.39 is 0 Å². The highest BCUT2D eigenvalue weighted by atomic mass is 16.3. The van der Waals surface area contributed by atoms with Gasteiger partial charge in [0.1, 0.15) is 0 Å². The summed E-state index contributed by atoms with van der Waals surface area (Å²) in [6.07, 6.45) is 1.52. The van der Waals surface area contributed by atoms with E-state index in [9.17, 15) is 9.90 Å². The standard InChI is InChI=1S/C13H17NO2/c1-10(8-11(2)16)14-13(9-15)12-6-4-3-5-7-12/h3-8,13-15H,9H2,1-2H3/t13-/m0/s1. The van der Waals surface area contributed by atoms with Crippen molar-refractivity contribution in [3.05, 3.63) is 47.7 Å². The molecule has 0 aliphatic heterocycles. The lowest BCUT2D eigenvalue weighted by molar-refractivity contribution is -0.112. The third-order valence-corrected chi connectivity index (χ3v) is 2.21. The quantitative estimate of drug-likeness (QED) is 0.742. The van der Waals surface area contributed by atoms with Gasteiger partial charge < -0.3 is 10.4 Å². The largest absolute Gasteiger partial charge is 0.394 e. The van der Waals surface area contributed by atoms with Crippen molar-refractivity contribution < 1.29 is 9.90 Å². The zero-order valence-corrected chi connectivity index (χ0v) is 9.60. The number of ketones is 1. The molecule has 1 aromatic carbocycles. The predicted octanol–water partition coefficient (Wildman–Crippen LogP) is 1.80. The molecule has 0 saturated heterocycles. The minimum atomic E-state index is -0.170. The van der Waals surface area contributed by atoms with Crippen molar-refractivity contribution in [1.29, 1.82) is 0 Å². The number of benzene rings is 1. The Bertz CT molecular complexity index is 371. The number of carbonyl (C=O) groups excluding carboxylic acids is 1. The topological polar surface area (TPSA) is 49.3 Å². The molecule has 0 unspecified atom stereocenters. The zero-order valence-electron chi connectivity index (χ0n) is 9.60. The molecule has 1 aromatic rings.